The number of amides is 1. The first-order chi connectivity index (χ1) is 16.2. The van der Waals surface area contributed by atoms with E-state index in [1.165, 1.54) is 30.5 Å². The predicted molar refractivity (Wildman–Crippen MR) is 118 cm³/mol. The largest absolute Gasteiger partial charge is 0.465 e. The van der Waals surface area contributed by atoms with Gasteiger partial charge in [0.1, 0.15) is 5.52 Å². The average Bonchev–Trinajstić information content (AvgIpc) is 3.20. The molecule has 2 aromatic heterocycles. The monoisotopic (exact) mass is 488 g/mol. The highest BCUT2D eigenvalue weighted by atomic mass is 32.1. The molecule has 174 valence electrons. The number of anilines is 1. The number of rotatable bonds is 5. The zero-order valence-electron chi connectivity index (χ0n) is 17.6. The molecule has 0 fully saturated rings. The Morgan fingerprint density at radius 1 is 1.09 bits per heavy atom. The molecule has 4 aromatic rings. The van der Waals surface area contributed by atoms with Crippen LogP contribution in [0.25, 0.3) is 21.5 Å². The van der Waals surface area contributed by atoms with Crippen LogP contribution in [0.2, 0.25) is 0 Å². The predicted octanol–water partition coefficient (Wildman–Crippen LogP) is 5.31. The SMILES string of the molecule is COC(=O)c1cc(C(F)(F)F)ccc1-c1ccnc(Oc2cccc3sc(NC(C)=O)nc23)n1. The highest BCUT2D eigenvalue weighted by Gasteiger charge is 2.32. The third-order valence-electron chi connectivity index (χ3n) is 4.53. The first kappa shape index (κ1) is 23.1. The Bertz CT molecular complexity index is 1400. The van der Waals surface area contributed by atoms with Crippen LogP contribution in [0, 0.1) is 0 Å². The van der Waals surface area contributed by atoms with Gasteiger partial charge in [-0.15, -0.1) is 0 Å². The Kier molecular flexibility index (Phi) is 6.16. The van der Waals surface area contributed by atoms with Gasteiger partial charge in [0.25, 0.3) is 0 Å². The Labute approximate surface area is 194 Å². The van der Waals surface area contributed by atoms with Crippen LogP contribution in [-0.2, 0) is 15.7 Å². The lowest BCUT2D eigenvalue weighted by atomic mass is 10.0. The van der Waals surface area contributed by atoms with Crippen molar-refractivity contribution in [1.29, 1.82) is 0 Å². The van der Waals surface area contributed by atoms with E-state index >= 15 is 0 Å². The molecule has 0 unspecified atom stereocenters. The van der Waals surface area contributed by atoms with E-state index < -0.39 is 17.7 Å². The summed E-state index contributed by atoms with van der Waals surface area (Å²) in [5.74, 6) is -0.904. The molecule has 0 saturated heterocycles. The topological polar surface area (TPSA) is 103 Å². The zero-order chi connectivity index (χ0) is 24.5. The molecule has 0 aliphatic carbocycles. The second kappa shape index (κ2) is 9.06. The van der Waals surface area contributed by atoms with Crippen LogP contribution in [0.1, 0.15) is 22.8 Å². The van der Waals surface area contributed by atoms with Gasteiger partial charge in [-0.25, -0.2) is 14.8 Å². The van der Waals surface area contributed by atoms with Gasteiger partial charge >= 0.3 is 18.2 Å². The van der Waals surface area contributed by atoms with Gasteiger partial charge in [0.05, 0.1) is 28.6 Å². The van der Waals surface area contributed by atoms with Gasteiger partial charge in [-0.05, 0) is 30.3 Å². The number of ether oxygens (including phenoxy) is 2. The third-order valence-corrected chi connectivity index (χ3v) is 5.46. The molecule has 0 aliphatic rings. The number of para-hydroxylation sites is 1. The van der Waals surface area contributed by atoms with E-state index in [0.29, 0.717) is 22.5 Å². The quantitative estimate of drug-likeness (QED) is 0.380. The number of methoxy groups -OCH3 is 1. The fraction of sp³-hybridized carbons (Fsp3) is 0.136. The van der Waals surface area contributed by atoms with Crippen LogP contribution < -0.4 is 10.1 Å². The fourth-order valence-corrected chi connectivity index (χ4v) is 4.00. The van der Waals surface area contributed by atoms with Crippen molar-refractivity contribution in [2.75, 3.05) is 12.4 Å². The molecular formula is C22H15F3N4O4S. The lowest BCUT2D eigenvalue weighted by molar-refractivity contribution is -0.137. The molecule has 34 heavy (non-hydrogen) atoms. The summed E-state index contributed by atoms with van der Waals surface area (Å²) in [7, 11) is 1.07. The summed E-state index contributed by atoms with van der Waals surface area (Å²) < 4.78 is 50.6. The van der Waals surface area contributed by atoms with Crippen molar-refractivity contribution >= 4 is 38.6 Å². The van der Waals surface area contributed by atoms with E-state index in [1.807, 2.05) is 0 Å². The van der Waals surface area contributed by atoms with E-state index in [2.05, 4.69) is 25.0 Å². The maximum atomic E-state index is 13.1. The molecule has 1 amide bonds. The molecule has 0 atom stereocenters. The lowest BCUT2D eigenvalue weighted by Crippen LogP contribution is -2.10. The van der Waals surface area contributed by atoms with Gasteiger partial charge in [-0.1, -0.05) is 23.5 Å². The smallest absolute Gasteiger partial charge is 0.416 e. The van der Waals surface area contributed by atoms with Crippen LogP contribution in [0.4, 0.5) is 18.3 Å². The van der Waals surface area contributed by atoms with E-state index in [-0.39, 0.29) is 28.7 Å². The number of carbonyl (C=O) groups excluding carboxylic acids is 2. The van der Waals surface area contributed by atoms with Crippen molar-refractivity contribution in [2.45, 2.75) is 13.1 Å². The minimum absolute atomic E-state index is 0.116. The molecule has 0 spiro atoms. The molecule has 1 N–H and O–H groups in total. The number of thiazole rings is 1. The molecule has 2 heterocycles. The first-order valence-electron chi connectivity index (χ1n) is 9.63. The first-order valence-corrected chi connectivity index (χ1v) is 10.5. The van der Waals surface area contributed by atoms with Crippen LogP contribution in [0.5, 0.6) is 11.8 Å². The van der Waals surface area contributed by atoms with E-state index in [9.17, 15) is 22.8 Å². The molecule has 2 aromatic carbocycles. The summed E-state index contributed by atoms with van der Waals surface area (Å²) >= 11 is 1.25. The summed E-state index contributed by atoms with van der Waals surface area (Å²) in [6, 6.07) is 9.17. The Morgan fingerprint density at radius 3 is 2.59 bits per heavy atom. The Morgan fingerprint density at radius 2 is 1.88 bits per heavy atom. The lowest BCUT2D eigenvalue weighted by Gasteiger charge is -2.12. The fourth-order valence-electron chi connectivity index (χ4n) is 3.07. The molecule has 0 saturated carbocycles. The standard InChI is InChI=1S/C22H15F3N4O4S/c1-11(30)27-21-29-18-16(4-3-5-17(18)34-21)33-20-26-9-8-15(28-20)13-7-6-12(22(23,24)25)10-14(13)19(31)32-2/h3-10H,1-2H3,(H,27,29,30). The molecule has 0 radical (unpaired) electrons. The molecule has 0 bridgehead atoms. The van der Waals surface area contributed by atoms with Crippen molar-refractivity contribution in [3.05, 3.63) is 59.8 Å². The van der Waals surface area contributed by atoms with Crippen molar-refractivity contribution in [3.8, 4) is 23.0 Å². The van der Waals surface area contributed by atoms with Crippen molar-refractivity contribution < 1.29 is 32.2 Å². The summed E-state index contributed by atoms with van der Waals surface area (Å²) in [5, 5.41) is 3.00. The van der Waals surface area contributed by atoms with Crippen LogP contribution in [-0.4, -0.2) is 33.9 Å². The summed E-state index contributed by atoms with van der Waals surface area (Å²) in [6.45, 7) is 1.37. The molecule has 0 aliphatic heterocycles. The number of halogens is 3. The van der Waals surface area contributed by atoms with Gasteiger partial charge in [-0.2, -0.15) is 18.2 Å². The minimum Gasteiger partial charge on any atom is -0.465 e. The summed E-state index contributed by atoms with van der Waals surface area (Å²) in [6.07, 6.45) is -3.29. The van der Waals surface area contributed by atoms with E-state index in [4.69, 9.17) is 4.74 Å². The summed E-state index contributed by atoms with van der Waals surface area (Å²) in [5.41, 5.74) is -0.554. The Balaban J connectivity index is 1.72. The molecule has 12 heteroatoms. The van der Waals surface area contributed by atoms with Gasteiger partial charge in [0, 0.05) is 18.7 Å². The number of carbonyl (C=O) groups is 2. The summed E-state index contributed by atoms with van der Waals surface area (Å²) in [4.78, 5) is 36.2. The molecule has 8 nitrogen and oxygen atoms in total. The van der Waals surface area contributed by atoms with Crippen molar-refractivity contribution in [2.24, 2.45) is 0 Å². The maximum Gasteiger partial charge on any atom is 0.416 e. The number of aromatic nitrogens is 3. The van der Waals surface area contributed by atoms with Gasteiger partial charge in [0.2, 0.25) is 5.91 Å². The molecule has 4 rings (SSSR count). The van der Waals surface area contributed by atoms with Crippen molar-refractivity contribution in [3.63, 3.8) is 0 Å². The van der Waals surface area contributed by atoms with Crippen LogP contribution in [0.15, 0.2) is 48.7 Å². The minimum atomic E-state index is -4.64. The third kappa shape index (κ3) is 4.81. The van der Waals surface area contributed by atoms with Gasteiger partial charge < -0.3 is 14.8 Å². The Hall–Kier alpha value is -4.06. The zero-order valence-corrected chi connectivity index (χ0v) is 18.5. The highest BCUT2D eigenvalue weighted by Crippen LogP contribution is 2.36. The van der Waals surface area contributed by atoms with Gasteiger partial charge in [-0.3, -0.25) is 4.79 Å². The van der Waals surface area contributed by atoms with Crippen LogP contribution >= 0.6 is 11.3 Å². The number of fused-ring (bicyclic) bond motifs is 1. The number of nitrogens with zero attached hydrogens (tertiary/aromatic N) is 3. The number of esters is 1. The number of nitrogens with one attached hydrogen (secondary N) is 1. The number of hydrogen-bond acceptors (Lipinski definition) is 8. The normalized spacial score (nSPS) is 11.3. The second-order valence-electron chi connectivity index (χ2n) is 6.88. The second-order valence-corrected chi connectivity index (χ2v) is 7.91. The van der Waals surface area contributed by atoms with E-state index in [1.54, 1.807) is 18.2 Å². The van der Waals surface area contributed by atoms with Crippen LogP contribution in [0.3, 0.4) is 0 Å². The molecular weight excluding hydrogens is 473 g/mol. The van der Waals surface area contributed by atoms with E-state index in [0.717, 1.165) is 23.9 Å². The number of hydrogen-bond donors (Lipinski definition) is 1. The highest BCUT2D eigenvalue weighted by molar-refractivity contribution is 7.22. The number of alkyl halides is 3. The maximum absolute atomic E-state index is 13.1. The van der Waals surface area contributed by atoms with Crippen molar-refractivity contribution in [1.82, 2.24) is 15.0 Å². The average molecular weight is 488 g/mol. The van der Waals surface area contributed by atoms with Gasteiger partial charge in [0.15, 0.2) is 10.9 Å². The number of benzene rings is 2.